The second kappa shape index (κ2) is 10.0. The largest absolute Gasteiger partial charge is 0.297 e. The van der Waals surface area contributed by atoms with E-state index in [0.29, 0.717) is 22.3 Å². The average Bonchev–Trinajstić information content (AvgIpc) is 3.62. The van der Waals surface area contributed by atoms with Crippen molar-refractivity contribution in [3.05, 3.63) is 178 Å². The lowest BCUT2D eigenvalue weighted by molar-refractivity contribution is -0.384. The average molecular weight is 603 g/mol. The van der Waals surface area contributed by atoms with Gasteiger partial charge in [-0.2, -0.15) is 0 Å². The van der Waals surface area contributed by atoms with Gasteiger partial charge in [0.2, 0.25) is 11.8 Å². The fraction of sp³-hybridized carbons (Fsp3) is 0.103. The van der Waals surface area contributed by atoms with Gasteiger partial charge in [0.05, 0.1) is 33.3 Å². The molecule has 3 aliphatic rings. The quantitative estimate of drug-likeness (QED) is 0.121. The van der Waals surface area contributed by atoms with Gasteiger partial charge in [-0.1, -0.05) is 121 Å². The van der Waals surface area contributed by atoms with Crippen LogP contribution in [0.2, 0.25) is 0 Å². The van der Waals surface area contributed by atoms with Crippen LogP contribution in [0.4, 0.5) is 11.4 Å². The Hall–Kier alpha value is -5.95. The minimum atomic E-state index is -1.50. The minimum absolute atomic E-state index is 0.154. The third-order valence-electron chi connectivity index (χ3n) is 9.90. The van der Waals surface area contributed by atoms with Crippen molar-refractivity contribution in [1.82, 2.24) is 0 Å². The summed E-state index contributed by atoms with van der Waals surface area (Å²) in [6, 6.07) is 43.4. The number of non-ortho nitro benzene ring substituents is 1. The standard InChI is InChI=1S/C39H26N2O5/c42-35-33-34(36(43)40(35)29-21-23-30(24-22-29)41(45)46)39(28-19-11-4-12-20-28)32(26-15-7-2-8-16-26)31(25-13-5-1-6-14-25)38(33,37(39)44)27-17-9-3-10-18-27/h1-24,33-34H/t33-,34-,38+,39+/m1/s1. The van der Waals surface area contributed by atoms with Crippen LogP contribution in [0.25, 0.3) is 11.1 Å². The number of carbonyl (C=O) groups excluding carboxylic acids is 3. The van der Waals surface area contributed by atoms with Gasteiger partial charge in [0.25, 0.3) is 5.69 Å². The maximum atomic E-state index is 15.8. The Balaban J connectivity index is 1.52. The van der Waals surface area contributed by atoms with Gasteiger partial charge in [0.15, 0.2) is 5.78 Å². The summed E-state index contributed by atoms with van der Waals surface area (Å²) in [5, 5.41) is 11.4. The molecule has 46 heavy (non-hydrogen) atoms. The normalized spacial score (nSPS) is 24.9. The molecule has 2 bridgehead atoms. The summed E-state index contributed by atoms with van der Waals surface area (Å²) in [6.45, 7) is 0. The fourth-order valence-electron chi connectivity index (χ4n) is 8.31. The van der Waals surface area contributed by atoms with Gasteiger partial charge in [-0.05, 0) is 45.5 Å². The van der Waals surface area contributed by atoms with E-state index in [1.165, 1.54) is 24.3 Å². The van der Waals surface area contributed by atoms with Gasteiger partial charge in [0.1, 0.15) is 0 Å². The lowest BCUT2D eigenvalue weighted by atomic mass is 9.59. The number of fused-ring (bicyclic) bond motifs is 5. The van der Waals surface area contributed by atoms with Gasteiger partial charge in [-0.15, -0.1) is 0 Å². The number of anilines is 1. The number of benzene rings is 5. The second-order valence-corrected chi connectivity index (χ2v) is 11.9. The Kier molecular flexibility index (Phi) is 6.02. The number of amides is 2. The number of Topliss-reactive ketones (excluding diaryl/α,β-unsaturated/α-hetero) is 1. The molecule has 0 aromatic heterocycles. The number of allylic oxidation sites excluding steroid dienone is 2. The van der Waals surface area contributed by atoms with Gasteiger partial charge in [-0.25, -0.2) is 4.90 Å². The van der Waals surface area contributed by atoms with Crippen LogP contribution < -0.4 is 4.90 Å². The molecule has 7 heteroatoms. The molecule has 2 fully saturated rings. The van der Waals surface area contributed by atoms with E-state index in [1.807, 2.05) is 121 Å². The Morgan fingerprint density at radius 2 is 0.891 bits per heavy atom. The fourth-order valence-corrected chi connectivity index (χ4v) is 8.31. The highest BCUT2D eigenvalue weighted by Gasteiger charge is 2.82. The lowest BCUT2D eigenvalue weighted by Crippen LogP contribution is -2.45. The van der Waals surface area contributed by atoms with Crippen LogP contribution in [0.1, 0.15) is 22.3 Å². The molecule has 4 atom stereocenters. The summed E-state index contributed by atoms with van der Waals surface area (Å²) in [6.07, 6.45) is 0. The minimum Gasteiger partial charge on any atom is -0.297 e. The first kappa shape index (κ1) is 27.6. The second-order valence-electron chi connectivity index (χ2n) is 11.9. The number of ketones is 1. The molecule has 1 saturated carbocycles. The number of carbonyl (C=O) groups is 3. The summed E-state index contributed by atoms with van der Waals surface area (Å²) >= 11 is 0. The number of hydrogen-bond acceptors (Lipinski definition) is 5. The molecular formula is C39H26N2O5. The van der Waals surface area contributed by atoms with Crippen LogP contribution in [0.5, 0.6) is 0 Å². The SMILES string of the molecule is O=C1[C@H]2[C@H](C(=O)N1c1ccc([N+](=O)[O-])cc1)[C@@]1(c3ccccc3)C(=O)[C@@]2(c2ccccc2)C(c2ccccc2)=C1c1ccccc1. The van der Waals surface area contributed by atoms with Crippen molar-refractivity contribution in [1.29, 1.82) is 0 Å². The number of imide groups is 1. The Morgan fingerprint density at radius 1 is 0.522 bits per heavy atom. The lowest BCUT2D eigenvalue weighted by Gasteiger charge is -2.39. The van der Waals surface area contributed by atoms with E-state index in [0.717, 1.165) is 16.0 Å². The number of hydrogen-bond donors (Lipinski definition) is 0. The molecule has 0 radical (unpaired) electrons. The molecule has 2 amide bonds. The maximum absolute atomic E-state index is 15.8. The van der Waals surface area contributed by atoms with Gasteiger partial charge in [-0.3, -0.25) is 24.5 Å². The molecule has 222 valence electrons. The molecule has 2 aliphatic carbocycles. The van der Waals surface area contributed by atoms with E-state index < -0.39 is 39.4 Å². The summed E-state index contributed by atoms with van der Waals surface area (Å²) in [5.74, 6) is -3.32. The van der Waals surface area contributed by atoms with Crippen molar-refractivity contribution in [2.24, 2.45) is 11.8 Å². The highest BCUT2D eigenvalue weighted by atomic mass is 16.6. The highest BCUT2D eigenvalue weighted by Crippen LogP contribution is 2.74. The van der Waals surface area contributed by atoms with Crippen molar-refractivity contribution in [3.63, 3.8) is 0 Å². The van der Waals surface area contributed by atoms with Crippen LogP contribution >= 0.6 is 0 Å². The topological polar surface area (TPSA) is 97.6 Å². The van der Waals surface area contributed by atoms with Crippen molar-refractivity contribution in [2.75, 3.05) is 4.90 Å². The molecule has 0 N–H and O–H groups in total. The van der Waals surface area contributed by atoms with E-state index in [4.69, 9.17) is 0 Å². The third kappa shape index (κ3) is 3.39. The van der Waals surface area contributed by atoms with Crippen molar-refractivity contribution >= 4 is 40.1 Å². The Morgan fingerprint density at radius 3 is 1.26 bits per heavy atom. The van der Waals surface area contributed by atoms with Crippen LogP contribution in [0.15, 0.2) is 146 Å². The summed E-state index contributed by atoms with van der Waals surface area (Å²) in [5.41, 5.74) is 1.38. The zero-order valence-corrected chi connectivity index (χ0v) is 24.4. The predicted octanol–water partition coefficient (Wildman–Crippen LogP) is 6.78. The first-order chi connectivity index (χ1) is 22.4. The molecular weight excluding hydrogens is 576 g/mol. The molecule has 1 heterocycles. The number of nitro benzene ring substituents is 1. The molecule has 1 aliphatic heterocycles. The van der Waals surface area contributed by atoms with Crippen molar-refractivity contribution in [2.45, 2.75) is 10.8 Å². The van der Waals surface area contributed by atoms with Gasteiger partial charge in [0, 0.05) is 12.1 Å². The number of rotatable bonds is 6. The van der Waals surface area contributed by atoms with Crippen LogP contribution in [-0.2, 0) is 25.2 Å². The zero-order chi connectivity index (χ0) is 31.6. The summed E-state index contributed by atoms with van der Waals surface area (Å²) in [7, 11) is 0. The van der Waals surface area contributed by atoms with Gasteiger partial charge >= 0.3 is 0 Å². The summed E-state index contributed by atoms with van der Waals surface area (Å²) < 4.78 is 0. The number of nitrogens with zero attached hydrogens (tertiary/aromatic N) is 2. The summed E-state index contributed by atoms with van der Waals surface area (Å²) in [4.78, 5) is 57.7. The first-order valence-corrected chi connectivity index (χ1v) is 15.1. The predicted molar refractivity (Wildman–Crippen MR) is 174 cm³/mol. The Labute approximate surface area is 264 Å². The van der Waals surface area contributed by atoms with E-state index in [1.54, 1.807) is 0 Å². The monoisotopic (exact) mass is 602 g/mol. The Bertz CT molecular complexity index is 1960. The smallest absolute Gasteiger partial charge is 0.269 e. The van der Waals surface area contributed by atoms with Crippen molar-refractivity contribution < 1.29 is 19.3 Å². The van der Waals surface area contributed by atoms with Crippen LogP contribution in [0, 0.1) is 22.0 Å². The van der Waals surface area contributed by atoms with Gasteiger partial charge < -0.3 is 0 Å². The van der Waals surface area contributed by atoms with E-state index in [9.17, 15) is 19.7 Å². The number of nitro groups is 1. The first-order valence-electron chi connectivity index (χ1n) is 15.1. The van der Waals surface area contributed by atoms with Crippen molar-refractivity contribution in [3.8, 4) is 0 Å². The van der Waals surface area contributed by atoms with E-state index in [2.05, 4.69) is 0 Å². The molecule has 7 nitrogen and oxygen atoms in total. The van der Waals surface area contributed by atoms with Crippen LogP contribution in [0.3, 0.4) is 0 Å². The molecule has 5 aromatic carbocycles. The zero-order valence-electron chi connectivity index (χ0n) is 24.4. The molecule has 0 spiro atoms. The molecule has 5 aromatic rings. The third-order valence-corrected chi connectivity index (χ3v) is 9.90. The highest BCUT2D eigenvalue weighted by molar-refractivity contribution is 6.39. The van der Waals surface area contributed by atoms with E-state index in [-0.39, 0.29) is 17.2 Å². The maximum Gasteiger partial charge on any atom is 0.269 e. The van der Waals surface area contributed by atoms with Crippen LogP contribution in [-0.4, -0.2) is 22.5 Å². The molecule has 0 unspecified atom stereocenters. The van der Waals surface area contributed by atoms with E-state index >= 15 is 4.79 Å². The molecule has 8 rings (SSSR count). The molecule has 1 saturated heterocycles.